The second-order valence-electron chi connectivity index (χ2n) is 3.57. The van der Waals surface area contributed by atoms with Gasteiger partial charge in [-0.05, 0) is 37.0 Å². The first-order valence-electron chi connectivity index (χ1n) is 5.51. The zero-order valence-electron chi connectivity index (χ0n) is 9.40. The number of benzene rings is 1. The second-order valence-corrected chi connectivity index (χ2v) is 4.00. The molecule has 0 amide bonds. The van der Waals surface area contributed by atoms with Crippen LogP contribution in [-0.2, 0) is 6.42 Å². The molecule has 1 aromatic carbocycles. The molecular formula is C15H17Cl. The van der Waals surface area contributed by atoms with Gasteiger partial charge in [0.25, 0.3) is 0 Å². The summed E-state index contributed by atoms with van der Waals surface area (Å²) in [5.74, 6) is 0. The zero-order chi connectivity index (χ0) is 11.6. The number of aryl methyl sites for hydroxylation is 1. The topological polar surface area (TPSA) is 0 Å². The van der Waals surface area contributed by atoms with E-state index in [9.17, 15) is 0 Å². The standard InChI is InChI=1S/C15H17Cl/c1-2-3-4-5-6-7-8-9-14-10-12-15(16)13-11-14/h2-6,10-13H,1,7-9H2. The third-order valence-corrected chi connectivity index (χ3v) is 2.50. The molecular weight excluding hydrogens is 216 g/mol. The van der Waals surface area contributed by atoms with E-state index in [1.54, 1.807) is 6.08 Å². The molecule has 0 spiro atoms. The van der Waals surface area contributed by atoms with E-state index in [4.69, 9.17) is 11.6 Å². The van der Waals surface area contributed by atoms with E-state index >= 15 is 0 Å². The molecule has 0 fully saturated rings. The van der Waals surface area contributed by atoms with Gasteiger partial charge in [-0.2, -0.15) is 0 Å². The van der Waals surface area contributed by atoms with Crippen molar-refractivity contribution in [3.63, 3.8) is 0 Å². The molecule has 0 N–H and O–H groups in total. The van der Waals surface area contributed by atoms with Gasteiger partial charge in [-0.25, -0.2) is 0 Å². The maximum Gasteiger partial charge on any atom is 0.0406 e. The summed E-state index contributed by atoms with van der Waals surface area (Å²) in [4.78, 5) is 0. The van der Waals surface area contributed by atoms with E-state index in [0.29, 0.717) is 0 Å². The highest BCUT2D eigenvalue weighted by molar-refractivity contribution is 6.30. The number of hydrogen-bond acceptors (Lipinski definition) is 0. The van der Waals surface area contributed by atoms with Crippen molar-refractivity contribution in [2.45, 2.75) is 19.3 Å². The van der Waals surface area contributed by atoms with E-state index in [-0.39, 0.29) is 0 Å². The van der Waals surface area contributed by atoms with Crippen LogP contribution in [0.15, 0.2) is 61.2 Å². The summed E-state index contributed by atoms with van der Waals surface area (Å²) >= 11 is 5.82. The van der Waals surface area contributed by atoms with Gasteiger partial charge in [-0.3, -0.25) is 0 Å². The Morgan fingerprint density at radius 3 is 2.50 bits per heavy atom. The molecule has 0 aliphatic rings. The van der Waals surface area contributed by atoms with Gasteiger partial charge < -0.3 is 0 Å². The van der Waals surface area contributed by atoms with E-state index in [0.717, 1.165) is 17.9 Å². The van der Waals surface area contributed by atoms with Gasteiger partial charge in [-0.15, -0.1) is 0 Å². The van der Waals surface area contributed by atoms with Crippen LogP contribution in [0.5, 0.6) is 0 Å². The first-order valence-corrected chi connectivity index (χ1v) is 5.89. The molecule has 0 heterocycles. The number of halogens is 1. The van der Waals surface area contributed by atoms with Crippen LogP contribution in [0.1, 0.15) is 18.4 Å². The molecule has 0 aliphatic carbocycles. The van der Waals surface area contributed by atoms with Crippen LogP contribution in [0.2, 0.25) is 5.02 Å². The Kier molecular flexibility index (Phi) is 6.36. The van der Waals surface area contributed by atoms with Gasteiger partial charge in [0.05, 0.1) is 0 Å². The Balaban J connectivity index is 2.20. The lowest BCUT2D eigenvalue weighted by Gasteiger charge is -1.98. The van der Waals surface area contributed by atoms with Crippen LogP contribution in [-0.4, -0.2) is 0 Å². The average molecular weight is 233 g/mol. The van der Waals surface area contributed by atoms with Crippen molar-refractivity contribution in [1.82, 2.24) is 0 Å². The monoisotopic (exact) mass is 232 g/mol. The Labute approximate surface area is 103 Å². The molecule has 0 atom stereocenters. The van der Waals surface area contributed by atoms with Crippen molar-refractivity contribution < 1.29 is 0 Å². The minimum atomic E-state index is 0.804. The van der Waals surface area contributed by atoms with Crippen LogP contribution in [0.25, 0.3) is 0 Å². The van der Waals surface area contributed by atoms with Gasteiger partial charge in [0.1, 0.15) is 0 Å². The minimum Gasteiger partial charge on any atom is -0.0991 e. The minimum absolute atomic E-state index is 0.804. The van der Waals surface area contributed by atoms with E-state index in [1.807, 2.05) is 24.3 Å². The summed E-state index contributed by atoms with van der Waals surface area (Å²) in [5, 5.41) is 0.804. The fourth-order valence-electron chi connectivity index (χ4n) is 1.39. The Hall–Kier alpha value is -1.27. The predicted molar refractivity (Wildman–Crippen MR) is 72.9 cm³/mol. The van der Waals surface area contributed by atoms with Crippen LogP contribution in [0.3, 0.4) is 0 Å². The molecule has 1 rings (SSSR count). The van der Waals surface area contributed by atoms with Crippen LogP contribution in [0, 0.1) is 0 Å². The zero-order valence-corrected chi connectivity index (χ0v) is 10.2. The Morgan fingerprint density at radius 1 is 1.06 bits per heavy atom. The third kappa shape index (κ3) is 5.57. The molecule has 0 radical (unpaired) electrons. The third-order valence-electron chi connectivity index (χ3n) is 2.24. The molecule has 0 aliphatic heterocycles. The van der Waals surface area contributed by atoms with Gasteiger partial charge >= 0.3 is 0 Å². The fourth-order valence-corrected chi connectivity index (χ4v) is 1.52. The smallest absolute Gasteiger partial charge is 0.0406 e. The number of rotatable bonds is 6. The largest absolute Gasteiger partial charge is 0.0991 e. The van der Waals surface area contributed by atoms with Gasteiger partial charge in [0, 0.05) is 5.02 Å². The molecule has 1 aromatic rings. The lowest BCUT2D eigenvalue weighted by molar-refractivity contribution is 0.843. The summed E-state index contributed by atoms with van der Waals surface area (Å²) in [6.07, 6.45) is 13.3. The van der Waals surface area contributed by atoms with Crippen LogP contribution < -0.4 is 0 Å². The number of allylic oxidation sites excluding steroid dienone is 5. The summed E-state index contributed by atoms with van der Waals surface area (Å²) in [5.41, 5.74) is 1.35. The molecule has 0 saturated heterocycles. The highest BCUT2D eigenvalue weighted by atomic mass is 35.5. The number of hydrogen-bond donors (Lipinski definition) is 0. The van der Waals surface area contributed by atoms with Crippen molar-refractivity contribution >= 4 is 11.6 Å². The molecule has 0 saturated carbocycles. The lowest BCUT2D eigenvalue weighted by atomic mass is 10.1. The average Bonchev–Trinajstić information content (AvgIpc) is 2.30. The predicted octanol–water partition coefficient (Wildman–Crippen LogP) is 4.96. The van der Waals surface area contributed by atoms with E-state index in [1.165, 1.54) is 12.0 Å². The molecule has 16 heavy (non-hydrogen) atoms. The van der Waals surface area contributed by atoms with Crippen LogP contribution in [0.4, 0.5) is 0 Å². The molecule has 1 heteroatoms. The maximum atomic E-state index is 5.82. The summed E-state index contributed by atoms with van der Waals surface area (Å²) in [6, 6.07) is 8.06. The van der Waals surface area contributed by atoms with Crippen molar-refractivity contribution in [3.8, 4) is 0 Å². The SMILES string of the molecule is C=CC=CC=CCCCc1ccc(Cl)cc1. The summed E-state index contributed by atoms with van der Waals surface area (Å²) in [7, 11) is 0. The first kappa shape index (κ1) is 12.8. The fraction of sp³-hybridized carbons (Fsp3) is 0.200. The van der Waals surface area contributed by atoms with Crippen molar-refractivity contribution in [1.29, 1.82) is 0 Å². The van der Waals surface area contributed by atoms with Crippen molar-refractivity contribution in [3.05, 3.63) is 71.8 Å². The van der Waals surface area contributed by atoms with Crippen LogP contribution >= 0.6 is 11.6 Å². The molecule has 0 unspecified atom stereocenters. The van der Waals surface area contributed by atoms with Crippen molar-refractivity contribution in [2.75, 3.05) is 0 Å². The lowest BCUT2D eigenvalue weighted by Crippen LogP contribution is -1.83. The van der Waals surface area contributed by atoms with E-state index in [2.05, 4.69) is 30.9 Å². The van der Waals surface area contributed by atoms with Crippen molar-refractivity contribution in [2.24, 2.45) is 0 Å². The highest BCUT2D eigenvalue weighted by Crippen LogP contribution is 2.11. The highest BCUT2D eigenvalue weighted by Gasteiger charge is 1.91. The van der Waals surface area contributed by atoms with Gasteiger partial charge in [0.2, 0.25) is 0 Å². The summed E-state index contributed by atoms with van der Waals surface area (Å²) < 4.78 is 0. The molecule has 0 nitrogen and oxygen atoms in total. The maximum absolute atomic E-state index is 5.82. The number of unbranched alkanes of at least 4 members (excludes halogenated alkanes) is 1. The normalized spacial score (nSPS) is 11.3. The Morgan fingerprint density at radius 2 is 1.81 bits per heavy atom. The van der Waals surface area contributed by atoms with E-state index < -0.39 is 0 Å². The summed E-state index contributed by atoms with van der Waals surface area (Å²) in [6.45, 7) is 3.61. The quantitative estimate of drug-likeness (QED) is 0.480. The molecule has 0 bridgehead atoms. The molecule has 0 aromatic heterocycles. The first-order chi connectivity index (χ1) is 7.83. The second kappa shape index (κ2) is 7.95. The van der Waals surface area contributed by atoms with Gasteiger partial charge in [0.15, 0.2) is 0 Å². The van der Waals surface area contributed by atoms with Gasteiger partial charge in [-0.1, -0.05) is 60.7 Å². The Bertz CT molecular complexity index is 358. The molecule has 84 valence electrons.